The van der Waals surface area contributed by atoms with Gasteiger partial charge in [-0.3, -0.25) is 9.69 Å². The van der Waals surface area contributed by atoms with Crippen LogP contribution in [0.1, 0.15) is 49.7 Å². The van der Waals surface area contributed by atoms with Crippen LogP contribution in [0, 0.1) is 5.92 Å². The van der Waals surface area contributed by atoms with Crippen LogP contribution < -0.4 is 32.8 Å². The van der Waals surface area contributed by atoms with E-state index in [1.54, 1.807) is 11.0 Å². The van der Waals surface area contributed by atoms with Crippen LogP contribution in [-0.2, 0) is 18.8 Å². The van der Waals surface area contributed by atoms with Crippen molar-refractivity contribution in [1.82, 2.24) is 14.7 Å². The number of carbonyl (C=O) groups excluding carboxylic acids is 3. The fourth-order valence-electron chi connectivity index (χ4n) is 6.89. The van der Waals surface area contributed by atoms with Gasteiger partial charge in [0, 0.05) is 20.0 Å². The second-order valence-corrected chi connectivity index (χ2v) is 25.3. The average Bonchev–Trinajstić information content (AvgIpc) is 3.63. The van der Waals surface area contributed by atoms with E-state index in [-0.39, 0.29) is 50.7 Å². The van der Waals surface area contributed by atoms with E-state index in [1.165, 1.54) is 12.6 Å². The summed E-state index contributed by atoms with van der Waals surface area (Å²) in [6, 6.07) is 12.9. The summed E-state index contributed by atoms with van der Waals surface area (Å²) >= 11 is -1.82. The summed E-state index contributed by atoms with van der Waals surface area (Å²) < 4.78 is 12.2. The van der Waals surface area contributed by atoms with Crippen molar-refractivity contribution < 1.29 is 52.2 Å². The molecule has 258 valence electrons. The van der Waals surface area contributed by atoms with Crippen LogP contribution in [-0.4, -0.2) is 111 Å². The number of ether oxygens (including phenoxy) is 2. The predicted molar refractivity (Wildman–Crippen MR) is 176 cm³/mol. The number of likely N-dealkylation sites (tertiary alicyclic amines) is 1. The molecule has 0 bridgehead atoms. The molecular formula is C35H48IN4O7-. The molecule has 2 aromatic rings. The molecule has 5 rings (SSSR count). The molecule has 12 heteroatoms. The zero-order valence-electron chi connectivity index (χ0n) is 28.1. The average molecular weight is 764 g/mol. The third kappa shape index (κ3) is 8.19. The molecule has 3 aliphatic heterocycles. The summed E-state index contributed by atoms with van der Waals surface area (Å²) in [6.45, 7) is 3.76. The van der Waals surface area contributed by atoms with E-state index < -0.39 is 42.3 Å². The number of carboxylic acids is 1. The van der Waals surface area contributed by atoms with E-state index >= 15 is 0 Å². The van der Waals surface area contributed by atoms with Crippen molar-refractivity contribution in [2.75, 3.05) is 66.3 Å². The number of benzene rings is 2. The number of urea groups is 1. The standard InChI is InChI=1S/C35H48IN4O7/c1-6-7-15-40(26-10-8-9-24(18-26)20-36(2,3)4)32(42)22-39-21-27(25-11-12-29-30(19-25)47-23-46-29)33(34(43)44)28(39)13-16-38-17-14-31(41)37(5)35(38)45/h8-12,18-19,27-28,33H,6-7,13-17,20-23H2,1-5H3,(H,43,44)/q-1/t27-,28+,33-/m1/s1. The van der Waals surface area contributed by atoms with Crippen molar-refractivity contribution in [3.8, 4) is 11.5 Å². The number of hydrogen-bond donors (Lipinski definition) is 1. The van der Waals surface area contributed by atoms with Gasteiger partial charge in [-0.15, -0.1) is 0 Å². The van der Waals surface area contributed by atoms with Crippen molar-refractivity contribution in [2.45, 2.75) is 49.0 Å². The van der Waals surface area contributed by atoms with Gasteiger partial charge in [-0.2, -0.15) is 0 Å². The Morgan fingerprint density at radius 2 is 1.83 bits per heavy atom. The van der Waals surface area contributed by atoms with Gasteiger partial charge < -0.3 is 9.47 Å². The van der Waals surface area contributed by atoms with Crippen LogP contribution in [0.15, 0.2) is 42.5 Å². The normalized spacial score (nSPS) is 21.8. The Morgan fingerprint density at radius 1 is 1.06 bits per heavy atom. The number of nitrogens with zero attached hydrogens (tertiary/aromatic N) is 4. The predicted octanol–water partition coefficient (Wildman–Crippen LogP) is 0.941. The Labute approximate surface area is 281 Å². The van der Waals surface area contributed by atoms with E-state index in [2.05, 4.69) is 33.8 Å². The monoisotopic (exact) mass is 763 g/mol. The number of carboxylic acid groups (broad SMARTS) is 1. The summed E-state index contributed by atoms with van der Waals surface area (Å²) in [5.74, 6) is -1.30. The summed E-state index contributed by atoms with van der Waals surface area (Å²) in [7, 11) is 1.47. The molecule has 0 saturated carbocycles. The molecule has 0 aliphatic carbocycles. The Kier molecular flexibility index (Phi) is 11.0. The number of rotatable bonds is 13. The first-order valence-corrected chi connectivity index (χ1v) is 24.2. The molecule has 2 fully saturated rings. The molecule has 0 spiro atoms. The first-order valence-electron chi connectivity index (χ1n) is 16.2. The van der Waals surface area contributed by atoms with E-state index in [0.717, 1.165) is 33.4 Å². The van der Waals surface area contributed by atoms with Gasteiger partial charge in [0.2, 0.25) is 12.7 Å². The van der Waals surface area contributed by atoms with Gasteiger partial charge in [-0.25, -0.2) is 4.79 Å². The molecule has 3 aliphatic rings. The van der Waals surface area contributed by atoms with Gasteiger partial charge in [0.25, 0.3) is 0 Å². The molecule has 3 atom stereocenters. The van der Waals surface area contributed by atoms with E-state index in [9.17, 15) is 24.3 Å². The summed E-state index contributed by atoms with van der Waals surface area (Å²) in [5.41, 5.74) is 2.92. The number of imide groups is 1. The summed E-state index contributed by atoms with van der Waals surface area (Å²) in [5, 5.41) is 10.6. The molecule has 2 saturated heterocycles. The molecule has 47 heavy (non-hydrogen) atoms. The Balaban J connectivity index is 1.43. The van der Waals surface area contributed by atoms with E-state index in [0.29, 0.717) is 31.0 Å². The molecule has 0 unspecified atom stereocenters. The Morgan fingerprint density at radius 3 is 2.55 bits per heavy atom. The molecule has 0 aromatic heterocycles. The number of unbranched alkanes of at least 4 members (excludes halogenated alkanes) is 1. The molecule has 2 aromatic carbocycles. The molecule has 0 radical (unpaired) electrons. The van der Waals surface area contributed by atoms with Gasteiger partial charge in [0.05, 0.1) is 0 Å². The van der Waals surface area contributed by atoms with Crippen molar-refractivity contribution in [3.05, 3.63) is 53.6 Å². The second kappa shape index (κ2) is 14.8. The van der Waals surface area contributed by atoms with Gasteiger partial charge in [0.15, 0.2) is 11.5 Å². The number of fused-ring (bicyclic) bond motifs is 1. The van der Waals surface area contributed by atoms with Gasteiger partial charge in [0.1, 0.15) is 0 Å². The van der Waals surface area contributed by atoms with Crippen LogP contribution in [0.2, 0.25) is 0 Å². The number of amides is 4. The zero-order chi connectivity index (χ0) is 33.9. The van der Waals surface area contributed by atoms with Crippen LogP contribution >= 0.6 is 0 Å². The topological polar surface area (TPSA) is 120 Å². The van der Waals surface area contributed by atoms with Gasteiger partial charge in [-0.1, -0.05) is 0 Å². The fraction of sp³-hybridized carbons (Fsp3) is 0.543. The summed E-state index contributed by atoms with van der Waals surface area (Å²) in [4.78, 5) is 65.9. The summed E-state index contributed by atoms with van der Waals surface area (Å²) in [6.07, 6.45) is 2.35. The molecule has 3 heterocycles. The molecule has 4 amide bonds. The minimum absolute atomic E-state index is 0.0480. The first-order chi connectivity index (χ1) is 22.4. The second-order valence-electron chi connectivity index (χ2n) is 13.5. The molecular weight excluding hydrogens is 715 g/mol. The van der Waals surface area contributed by atoms with Gasteiger partial charge in [-0.05, 0) is 6.07 Å². The maximum atomic E-state index is 14.3. The fourth-order valence-corrected chi connectivity index (χ4v) is 10.0. The van der Waals surface area contributed by atoms with E-state index in [1.807, 2.05) is 34.1 Å². The Bertz CT molecular complexity index is 1490. The SMILES string of the molecule is CCCCN(C(=O)CN1C[C@H](c2ccc3c(c2)OCO3)[C@@H](C(=O)O)[C@@H]1CCN1CCC(=O)N(C)C1=O)c1cccc(C[I-](C)(C)C)c1. The Hall–Kier alpha value is -3.39. The number of anilines is 1. The van der Waals surface area contributed by atoms with Crippen molar-refractivity contribution >= 4 is 29.5 Å². The quantitative estimate of drug-likeness (QED) is 0.237. The molecule has 1 N–H and O–H groups in total. The van der Waals surface area contributed by atoms with Crippen molar-refractivity contribution in [3.63, 3.8) is 0 Å². The first kappa shape index (κ1) is 34.9. The van der Waals surface area contributed by atoms with Crippen LogP contribution in [0.5, 0.6) is 11.5 Å². The number of hydrogen-bond acceptors (Lipinski definition) is 7. The van der Waals surface area contributed by atoms with Crippen LogP contribution in [0.3, 0.4) is 0 Å². The van der Waals surface area contributed by atoms with Gasteiger partial charge >= 0.3 is 208 Å². The third-order valence-electron chi connectivity index (χ3n) is 9.23. The van der Waals surface area contributed by atoms with E-state index in [4.69, 9.17) is 9.47 Å². The third-order valence-corrected chi connectivity index (χ3v) is 12.4. The number of carbonyl (C=O) groups is 4. The van der Waals surface area contributed by atoms with Crippen molar-refractivity contribution in [1.29, 1.82) is 0 Å². The number of aliphatic carboxylic acids is 1. The van der Waals surface area contributed by atoms with Crippen LogP contribution in [0.25, 0.3) is 0 Å². The zero-order valence-corrected chi connectivity index (χ0v) is 30.3. The number of halogens is 1. The minimum atomic E-state index is -1.82. The molecule has 11 nitrogen and oxygen atoms in total. The van der Waals surface area contributed by atoms with Crippen molar-refractivity contribution in [2.24, 2.45) is 5.92 Å². The number of alkyl halides is 4. The maximum absolute atomic E-state index is 14.3. The van der Waals surface area contributed by atoms with Crippen LogP contribution in [0.4, 0.5) is 10.5 Å².